The van der Waals surface area contributed by atoms with Gasteiger partial charge in [0.1, 0.15) is 0 Å². The van der Waals surface area contributed by atoms with Gasteiger partial charge >= 0.3 is 5.97 Å². The molecule has 0 saturated carbocycles. The average molecular weight is 298 g/mol. The SMILES string of the molecule is CN(Cc1cccc([N+](=O)[O-])c1)C(=O)CSCC(=O)O. The Labute approximate surface area is 119 Å². The van der Waals surface area contributed by atoms with Gasteiger partial charge in [0.05, 0.1) is 16.4 Å². The van der Waals surface area contributed by atoms with E-state index in [1.165, 1.54) is 17.0 Å². The van der Waals surface area contributed by atoms with E-state index in [1.807, 2.05) is 0 Å². The highest BCUT2D eigenvalue weighted by Gasteiger charge is 2.12. The number of nitrogens with zero attached hydrogens (tertiary/aromatic N) is 2. The van der Waals surface area contributed by atoms with Gasteiger partial charge in [0.15, 0.2) is 0 Å². The van der Waals surface area contributed by atoms with Crippen LogP contribution in [0.4, 0.5) is 5.69 Å². The van der Waals surface area contributed by atoms with Crippen LogP contribution in [0.15, 0.2) is 24.3 Å². The Bertz CT molecular complexity index is 520. The number of carboxylic acids is 1. The van der Waals surface area contributed by atoms with Gasteiger partial charge in [-0.15, -0.1) is 11.8 Å². The fraction of sp³-hybridized carbons (Fsp3) is 0.333. The topological polar surface area (TPSA) is 101 Å². The van der Waals surface area contributed by atoms with Gasteiger partial charge in [0.25, 0.3) is 5.69 Å². The predicted octanol–water partition coefficient (Wildman–Crippen LogP) is 1.37. The molecule has 0 aromatic heterocycles. The van der Waals surface area contributed by atoms with Gasteiger partial charge in [-0.1, -0.05) is 12.1 Å². The molecule has 1 aromatic carbocycles. The maximum Gasteiger partial charge on any atom is 0.313 e. The first-order valence-corrected chi connectivity index (χ1v) is 6.82. The number of aliphatic carboxylic acids is 1. The van der Waals surface area contributed by atoms with Crippen LogP contribution in [0.5, 0.6) is 0 Å². The second kappa shape index (κ2) is 7.49. The van der Waals surface area contributed by atoms with Crippen molar-refractivity contribution in [2.75, 3.05) is 18.6 Å². The summed E-state index contributed by atoms with van der Waals surface area (Å²) in [5, 5.41) is 19.1. The molecule has 1 N–H and O–H groups in total. The largest absolute Gasteiger partial charge is 0.481 e. The van der Waals surface area contributed by atoms with Crippen LogP contribution < -0.4 is 0 Å². The summed E-state index contributed by atoms with van der Waals surface area (Å²) >= 11 is 1.02. The quantitative estimate of drug-likeness (QED) is 0.602. The highest BCUT2D eigenvalue weighted by atomic mass is 32.2. The first kappa shape index (κ1) is 16.0. The number of carbonyl (C=O) groups excluding carboxylic acids is 1. The van der Waals surface area contributed by atoms with Crippen LogP contribution in [0.3, 0.4) is 0 Å². The fourth-order valence-electron chi connectivity index (χ4n) is 1.47. The number of nitro groups is 1. The van der Waals surface area contributed by atoms with Gasteiger partial charge in [-0.25, -0.2) is 0 Å². The number of hydrogen-bond donors (Lipinski definition) is 1. The molecule has 108 valence electrons. The third kappa shape index (κ3) is 5.27. The molecule has 0 bridgehead atoms. The Morgan fingerprint density at radius 1 is 1.40 bits per heavy atom. The summed E-state index contributed by atoms with van der Waals surface area (Å²) in [6.07, 6.45) is 0. The zero-order chi connectivity index (χ0) is 15.1. The minimum absolute atomic E-state index is 0.0244. The van der Waals surface area contributed by atoms with Gasteiger partial charge in [-0.3, -0.25) is 19.7 Å². The molecule has 0 radical (unpaired) electrons. The lowest BCUT2D eigenvalue weighted by molar-refractivity contribution is -0.384. The molecule has 1 amide bonds. The lowest BCUT2D eigenvalue weighted by Gasteiger charge is -2.16. The second-order valence-electron chi connectivity index (χ2n) is 4.06. The lowest BCUT2D eigenvalue weighted by Crippen LogP contribution is -2.28. The Hall–Kier alpha value is -2.09. The van der Waals surface area contributed by atoms with Crippen molar-refractivity contribution in [3.05, 3.63) is 39.9 Å². The van der Waals surface area contributed by atoms with E-state index in [-0.39, 0.29) is 29.6 Å². The van der Waals surface area contributed by atoms with Gasteiger partial charge in [0, 0.05) is 25.7 Å². The van der Waals surface area contributed by atoms with Crippen molar-refractivity contribution < 1.29 is 19.6 Å². The van der Waals surface area contributed by atoms with E-state index in [0.29, 0.717) is 5.56 Å². The molecular weight excluding hydrogens is 284 g/mol. The summed E-state index contributed by atoms with van der Waals surface area (Å²) in [5.41, 5.74) is 0.627. The minimum Gasteiger partial charge on any atom is -0.481 e. The highest BCUT2D eigenvalue weighted by Crippen LogP contribution is 2.14. The summed E-state index contributed by atoms with van der Waals surface area (Å²) in [6, 6.07) is 6.05. The number of thioether (sulfide) groups is 1. The first-order chi connectivity index (χ1) is 9.40. The summed E-state index contributed by atoms with van der Waals surface area (Å²) in [7, 11) is 1.57. The van der Waals surface area contributed by atoms with E-state index in [2.05, 4.69) is 0 Å². The van der Waals surface area contributed by atoms with E-state index in [4.69, 9.17) is 5.11 Å². The van der Waals surface area contributed by atoms with Crippen molar-refractivity contribution in [3.8, 4) is 0 Å². The van der Waals surface area contributed by atoms with E-state index in [9.17, 15) is 19.7 Å². The minimum atomic E-state index is -0.968. The van der Waals surface area contributed by atoms with Gasteiger partial charge in [0.2, 0.25) is 5.91 Å². The smallest absolute Gasteiger partial charge is 0.313 e. The van der Waals surface area contributed by atoms with Gasteiger partial charge in [-0.05, 0) is 5.56 Å². The molecule has 0 saturated heterocycles. The van der Waals surface area contributed by atoms with Crippen molar-refractivity contribution in [2.45, 2.75) is 6.54 Å². The standard InChI is InChI=1S/C12H14N2O5S/c1-13(11(15)7-20-8-12(16)17)6-9-3-2-4-10(5-9)14(18)19/h2-5H,6-8H2,1H3,(H,16,17). The maximum absolute atomic E-state index is 11.7. The molecule has 20 heavy (non-hydrogen) atoms. The van der Waals surface area contributed by atoms with E-state index < -0.39 is 10.9 Å². The second-order valence-corrected chi connectivity index (χ2v) is 5.05. The summed E-state index contributed by atoms with van der Waals surface area (Å²) in [5.74, 6) is -1.25. The number of non-ortho nitro benzene ring substituents is 1. The van der Waals surface area contributed by atoms with Crippen LogP contribution in [-0.4, -0.2) is 45.4 Å². The number of nitro benzene ring substituents is 1. The predicted molar refractivity (Wildman–Crippen MR) is 74.5 cm³/mol. The third-order valence-electron chi connectivity index (χ3n) is 2.42. The molecule has 7 nitrogen and oxygen atoms in total. The zero-order valence-electron chi connectivity index (χ0n) is 10.8. The summed E-state index contributed by atoms with van der Waals surface area (Å²) in [4.78, 5) is 33.6. The molecule has 0 spiro atoms. The van der Waals surface area contributed by atoms with E-state index in [0.717, 1.165) is 11.8 Å². The number of rotatable bonds is 7. The van der Waals surface area contributed by atoms with Crippen LogP contribution in [-0.2, 0) is 16.1 Å². The van der Waals surface area contributed by atoms with Crippen molar-refractivity contribution in [1.29, 1.82) is 0 Å². The normalized spacial score (nSPS) is 10.1. The molecule has 1 aromatic rings. The third-order valence-corrected chi connectivity index (χ3v) is 3.32. The Morgan fingerprint density at radius 3 is 2.70 bits per heavy atom. The molecule has 0 atom stereocenters. The molecule has 8 heteroatoms. The lowest BCUT2D eigenvalue weighted by atomic mass is 10.2. The van der Waals surface area contributed by atoms with Crippen LogP contribution >= 0.6 is 11.8 Å². The van der Waals surface area contributed by atoms with Gasteiger partial charge in [-0.2, -0.15) is 0 Å². The average Bonchev–Trinajstić information content (AvgIpc) is 2.38. The summed E-state index contributed by atoms with van der Waals surface area (Å²) < 4.78 is 0. The molecular formula is C12H14N2O5S. The highest BCUT2D eigenvalue weighted by molar-refractivity contribution is 8.00. The van der Waals surface area contributed by atoms with Crippen molar-refractivity contribution in [2.24, 2.45) is 0 Å². The molecule has 0 unspecified atom stereocenters. The maximum atomic E-state index is 11.7. The van der Waals surface area contributed by atoms with Crippen molar-refractivity contribution in [3.63, 3.8) is 0 Å². The number of amides is 1. The van der Waals surface area contributed by atoms with Crippen LogP contribution in [0.2, 0.25) is 0 Å². The number of hydrogen-bond acceptors (Lipinski definition) is 5. The van der Waals surface area contributed by atoms with E-state index in [1.54, 1.807) is 19.2 Å². The number of carboxylic acid groups (broad SMARTS) is 1. The molecule has 0 aliphatic rings. The summed E-state index contributed by atoms with van der Waals surface area (Å²) in [6.45, 7) is 0.244. The Morgan fingerprint density at radius 2 is 2.10 bits per heavy atom. The molecule has 0 fully saturated rings. The van der Waals surface area contributed by atoms with Gasteiger partial charge < -0.3 is 10.0 Å². The zero-order valence-corrected chi connectivity index (χ0v) is 11.6. The molecule has 0 aliphatic heterocycles. The monoisotopic (exact) mass is 298 g/mol. The van der Waals surface area contributed by atoms with Crippen LogP contribution in [0.25, 0.3) is 0 Å². The van der Waals surface area contributed by atoms with Crippen molar-refractivity contribution >= 4 is 29.3 Å². The Kier molecular flexibility index (Phi) is 5.98. The Balaban J connectivity index is 2.54. The van der Waals surface area contributed by atoms with Crippen molar-refractivity contribution in [1.82, 2.24) is 4.90 Å². The first-order valence-electron chi connectivity index (χ1n) is 5.67. The van der Waals surface area contributed by atoms with Crippen LogP contribution in [0, 0.1) is 10.1 Å². The fourth-order valence-corrected chi connectivity index (χ4v) is 2.14. The molecule has 0 heterocycles. The molecule has 1 rings (SSSR count). The molecule has 0 aliphatic carbocycles. The van der Waals surface area contributed by atoms with Crippen LogP contribution in [0.1, 0.15) is 5.56 Å². The number of carbonyl (C=O) groups is 2. The van der Waals surface area contributed by atoms with E-state index >= 15 is 0 Å². The number of benzene rings is 1.